The van der Waals surface area contributed by atoms with E-state index in [1.165, 1.54) is 18.2 Å². The topological polar surface area (TPSA) is 49.4 Å². The number of hydrogen-bond donors (Lipinski definition) is 1. The summed E-state index contributed by atoms with van der Waals surface area (Å²) in [5, 5.41) is 2.54. The van der Waals surface area contributed by atoms with Crippen molar-refractivity contribution in [1.29, 1.82) is 0 Å². The zero-order chi connectivity index (χ0) is 18.0. The third kappa shape index (κ3) is 3.65. The summed E-state index contributed by atoms with van der Waals surface area (Å²) in [4.78, 5) is 25.3. The van der Waals surface area contributed by atoms with Gasteiger partial charge in [-0.1, -0.05) is 48.5 Å². The van der Waals surface area contributed by atoms with Crippen molar-refractivity contribution in [2.24, 2.45) is 0 Å². The van der Waals surface area contributed by atoms with Gasteiger partial charge in [0.2, 0.25) is 0 Å². The van der Waals surface area contributed by atoms with Crippen LogP contribution in [0, 0.1) is 0 Å². The minimum Gasteiger partial charge on any atom is -0.325 e. The Morgan fingerprint density at radius 1 is 0.960 bits per heavy atom. The smallest absolute Gasteiger partial charge is 0.325 e. The largest absolute Gasteiger partial charge is 0.416 e. The summed E-state index contributed by atoms with van der Waals surface area (Å²) in [6, 6.07) is 12.6. The van der Waals surface area contributed by atoms with Gasteiger partial charge in [0, 0.05) is 6.42 Å². The normalized spacial score (nSPS) is 17.7. The van der Waals surface area contributed by atoms with Crippen LogP contribution in [0.2, 0.25) is 0 Å². The van der Waals surface area contributed by atoms with Gasteiger partial charge in [0.25, 0.3) is 5.91 Å². The molecule has 2 aromatic carbocycles. The van der Waals surface area contributed by atoms with Crippen molar-refractivity contribution >= 4 is 11.9 Å². The Bertz CT molecular complexity index is 790. The number of amides is 3. The second-order valence-electron chi connectivity index (χ2n) is 5.77. The van der Waals surface area contributed by atoms with Gasteiger partial charge in [-0.15, -0.1) is 0 Å². The van der Waals surface area contributed by atoms with E-state index in [-0.39, 0.29) is 5.56 Å². The molecule has 4 nitrogen and oxygen atoms in total. The van der Waals surface area contributed by atoms with E-state index in [0.717, 1.165) is 16.5 Å². The first kappa shape index (κ1) is 17.0. The highest BCUT2D eigenvalue weighted by molar-refractivity contribution is 6.04. The number of urea groups is 1. The lowest BCUT2D eigenvalue weighted by Crippen LogP contribution is -2.32. The summed E-state index contributed by atoms with van der Waals surface area (Å²) in [5.74, 6) is -0.522. The summed E-state index contributed by atoms with van der Waals surface area (Å²) in [5.41, 5.74) is -0.0975. The van der Waals surface area contributed by atoms with E-state index in [1.54, 1.807) is 0 Å². The molecule has 1 aliphatic rings. The second-order valence-corrected chi connectivity index (χ2v) is 5.77. The molecule has 1 saturated heterocycles. The van der Waals surface area contributed by atoms with Crippen LogP contribution in [0.1, 0.15) is 16.7 Å². The molecule has 0 saturated carbocycles. The number of halogens is 3. The van der Waals surface area contributed by atoms with Gasteiger partial charge in [-0.3, -0.25) is 9.69 Å². The van der Waals surface area contributed by atoms with Gasteiger partial charge in [-0.05, 0) is 17.2 Å². The van der Waals surface area contributed by atoms with E-state index >= 15 is 0 Å². The molecule has 7 heteroatoms. The number of benzene rings is 2. The fraction of sp³-hybridized carbons (Fsp3) is 0.222. The Morgan fingerprint density at radius 2 is 1.60 bits per heavy atom. The predicted molar refractivity (Wildman–Crippen MR) is 84.5 cm³/mol. The Labute approximate surface area is 142 Å². The van der Waals surface area contributed by atoms with Crippen LogP contribution >= 0.6 is 0 Å². The van der Waals surface area contributed by atoms with Gasteiger partial charge in [-0.2, -0.15) is 13.2 Å². The van der Waals surface area contributed by atoms with Crippen LogP contribution in [0.3, 0.4) is 0 Å². The van der Waals surface area contributed by atoms with E-state index in [1.807, 2.05) is 30.3 Å². The highest BCUT2D eigenvalue weighted by Crippen LogP contribution is 2.32. The van der Waals surface area contributed by atoms with Gasteiger partial charge >= 0.3 is 12.2 Å². The first-order valence-corrected chi connectivity index (χ1v) is 7.67. The van der Waals surface area contributed by atoms with Gasteiger partial charge in [0.15, 0.2) is 0 Å². The zero-order valence-corrected chi connectivity index (χ0v) is 13.1. The molecular formula is C18H15F3N2O2. The number of carbonyl (C=O) groups is 2. The summed E-state index contributed by atoms with van der Waals surface area (Å²) in [6.45, 7) is -0.411. The van der Waals surface area contributed by atoms with Crippen molar-refractivity contribution in [1.82, 2.24) is 10.2 Å². The average Bonchev–Trinajstić information content (AvgIpc) is 2.83. The molecule has 0 radical (unpaired) electrons. The van der Waals surface area contributed by atoms with E-state index in [2.05, 4.69) is 5.32 Å². The van der Waals surface area contributed by atoms with Crippen LogP contribution in [-0.2, 0) is 23.9 Å². The summed E-state index contributed by atoms with van der Waals surface area (Å²) >= 11 is 0. The van der Waals surface area contributed by atoms with Crippen molar-refractivity contribution in [3.63, 3.8) is 0 Å². The third-order valence-electron chi connectivity index (χ3n) is 4.04. The molecule has 3 rings (SSSR count). The maximum absolute atomic E-state index is 13.1. The van der Waals surface area contributed by atoms with E-state index < -0.39 is 36.3 Å². The Balaban J connectivity index is 1.78. The third-order valence-corrected chi connectivity index (χ3v) is 4.04. The van der Waals surface area contributed by atoms with Crippen LogP contribution < -0.4 is 5.32 Å². The summed E-state index contributed by atoms with van der Waals surface area (Å²) < 4.78 is 39.2. The molecule has 3 amide bonds. The lowest BCUT2D eigenvalue weighted by Gasteiger charge is -2.17. The number of carbonyl (C=O) groups excluding carboxylic acids is 2. The molecule has 130 valence electrons. The number of imide groups is 1. The Morgan fingerprint density at radius 3 is 2.28 bits per heavy atom. The van der Waals surface area contributed by atoms with Gasteiger partial charge in [0.1, 0.15) is 6.04 Å². The molecule has 0 bridgehead atoms. The SMILES string of the molecule is O=C1N[C@@H](Cc2ccccc2)C(=O)N1Cc1ccccc1C(F)(F)F. The van der Waals surface area contributed by atoms with Crippen molar-refractivity contribution in [3.05, 3.63) is 71.3 Å². The van der Waals surface area contributed by atoms with E-state index in [9.17, 15) is 22.8 Å². The number of hydrogen-bond acceptors (Lipinski definition) is 2. The van der Waals surface area contributed by atoms with Crippen LogP contribution in [0.25, 0.3) is 0 Å². The van der Waals surface area contributed by atoms with E-state index in [4.69, 9.17) is 0 Å². The number of nitrogens with zero attached hydrogens (tertiary/aromatic N) is 1. The van der Waals surface area contributed by atoms with Crippen molar-refractivity contribution in [3.8, 4) is 0 Å². The molecule has 2 aromatic rings. The van der Waals surface area contributed by atoms with Crippen LogP contribution in [-0.4, -0.2) is 22.9 Å². The molecular weight excluding hydrogens is 333 g/mol. The molecule has 1 aliphatic heterocycles. The highest BCUT2D eigenvalue weighted by atomic mass is 19.4. The Hall–Kier alpha value is -2.83. The first-order chi connectivity index (χ1) is 11.9. The van der Waals surface area contributed by atoms with Gasteiger partial charge < -0.3 is 5.32 Å². The monoisotopic (exact) mass is 348 g/mol. The molecule has 1 fully saturated rings. The average molecular weight is 348 g/mol. The molecule has 0 spiro atoms. The molecule has 0 aromatic heterocycles. The zero-order valence-electron chi connectivity index (χ0n) is 13.1. The van der Waals surface area contributed by atoms with E-state index in [0.29, 0.717) is 6.42 Å². The van der Waals surface area contributed by atoms with Crippen molar-refractivity contribution in [2.45, 2.75) is 25.2 Å². The number of rotatable bonds is 4. The molecule has 0 aliphatic carbocycles. The second kappa shape index (κ2) is 6.58. The Kier molecular flexibility index (Phi) is 4.48. The van der Waals surface area contributed by atoms with Gasteiger partial charge in [0.05, 0.1) is 12.1 Å². The molecule has 0 unspecified atom stereocenters. The molecule has 1 N–H and O–H groups in total. The lowest BCUT2D eigenvalue weighted by molar-refractivity contribution is -0.139. The number of alkyl halides is 3. The quantitative estimate of drug-likeness (QED) is 0.862. The fourth-order valence-corrected chi connectivity index (χ4v) is 2.82. The molecule has 1 atom stereocenters. The van der Waals surface area contributed by atoms with Crippen LogP contribution in [0.4, 0.5) is 18.0 Å². The first-order valence-electron chi connectivity index (χ1n) is 7.67. The van der Waals surface area contributed by atoms with Crippen LogP contribution in [0.15, 0.2) is 54.6 Å². The maximum Gasteiger partial charge on any atom is 0.416 e. The highest BCUT2D eigenvalue weighted by Gasteiger charge is 2.40. The van der Waals surface area contributed by atoms with Crippen molar-refractivity contribution < 1.29 is 22.8 Å². The van der Waals surface area contributed by atoms with Gasteiger partial charge in [-0.25, -0.2) is 4.79 Å². The fourth-order valence-electron chi connectivity index (χ4n) is 2.82. The molecule has 25 heavy (non-hydrogen) atoms. The van der Waals surface area contributed by atoms with Crippen molar-refractivity contribution in [2.75, 3.05) is 0 Å². The summed E-state index contributed by atoms with van der Waals surface area (Å²) in [6.07, 6.45) is -4.25. The van der Waals surface area contributed by atoms with Crippen LogP contribution in [0.5, 0.6) is 0 Å². The summed E-state index contributed by atoms with van der Waals surface area (Å²) in [7, 11) is 0. The predicted octanol–water partition coefficient (Wildman–Crippen LogP) is 3.37. The number of nitrogens with one attached hydrogen (secondary N) is 1. The minimum atomic E-state index is -4.54. The maximum atomic E-state index is 13.1. The molecule has 1 heterocycles. The minimum absolute atomic E-state index is 0.112. The standard InChI is InChI=1S/C18H15F3N2O2/c19-18(20,21)14-9-5-4-8-13(14)11-23-16(24)15(22-17(23)25)10-12-6-2-1-3-7-12/h1-9,15H,10-11H2,(H,22,25)/t15-/m0/s1. The lowest BCUT2D eigenvalue weighted by atomic mass is 10.0.